The summed E-state index contributed by atoms with van der Waals surface area (Å²) in [7, 11) is -4.83. The van der Waals surface area contributed by atoms with Crippen LogP contribution in [0.25, 0.3) is 0 Å². The van der Waals surface area contributed by atoms with Crippen molar-refractivity contribution >= 4 is 19.9 Å². The van der Waals surface area contributed by atoms with E-state index in [0.717, 1.165) is 4.31 Å². The van der Waals surface area contributed by atoms with Gasteiger partial charge in [-0.3, -0.25) is 0 Å². The predicted molar refractivity (Wildman–Crippen MR) is 87.6 cm³/mol. The minimum Gasteiger partial charge on any atom is -0.497 e. The number of sulfonamides is 1. The zero-order valence-corrected chi connectivity index (χ0v) is 15.3. The van der Waals surface area contributed by atoms with Gasteiger partial charge in [0.2, 0.25) is 10.0 Å². The van der Waals surface area contributed by atoms with Crippen molar-refractivity contribution in [2.45, 2.75) is 24.0 Å². The van der Waals surface area contributed by atoms with Crippen LogP contribution >= 0.6 is 0 Å². The van der Waals surface area contributed by atoms with E-state index in [-0.39, 0.29) is 17.2 Å². The number of benzene rings is 1. The Hall–Kier alpha value is -1.36. The molecule has 0 aromatic heterocycles. The second-order valence-corrected chi connectivity index (χ2v) is 9.45. The van der Waals surface area contributed by atoms with Crippen LogP contribution in [0.4, 0.5) is 0 Å². The van der Waals surface area contributed by atoms with E-state index in [0.29, 0.717) is 5.75 Å². The third kappa shape index (κ3) is 3.51. The van der Waals surface area contributed by atoms with Gasteiger partial charge < -0.3 is 14.6 Å². The molecule has 10 heteroatoms. The number of aliphatic hydroxyl groups is 1. The summed E-state index contributed by atoms with van der Waals surface area (Å²) in [5.41, 5.74) is 0. The summed E-state index contributed by atoms with van der Waals surface area (Å²) in [6.45, 7) is 1.60. The molecule has 0 amide bonds. The molecule has 0 spiro atoms. The predicted octanol–water partition coefficient (Wildman–Crippen LogP) is -0.128. The van der Waals surface area contributed by atoms with Gasteiger partial charge in [-0.05, 0) is 12.1 Å². The number of nitrogens with zero attached hydrogens (tertiary/aromatic N) is 1. The van der Waals surface area contributed by atoms with Crippen LogP contribution < -0.4 is 9.47 Å². The first kappa shape index (κ1) is 19.0. The van der Waals surface area contributed by atoms with Gasteiger partial charge in [0.1, 0.15) is 16.4 Å². The Labute approximate surface area is 142 Å². The Morgan fingerprint density at radius 1 is 1.25 bits per heavy atom. The minimum atomic E-state index is -4.09. The maximum absolute atomic E-state index is 13.0. The molecule has 0 aliphatic carbocycles. The van der Waals surface area contributed by atoms with Gasteiger partial charge >= 0.3 is 0 Å². The second-order valence-electron chi connectivity index (χ2n) is 5.44. The molecule has 1 aromatic carbocycles. The van der Waals surface area contributed by atoms with Crippen molar-refractivity contribution in [3.63, 3.8) is 0 Å². The van der Waals surface area contributed by atoms with Crippen LogP contribution in [0.2, 0.25) is 0 Å². The van der Waals surface area contributed by atoms with Crippen molar-refractivity contribution in [1.29, 1.82) is 0 Å². The van der Waals surface area contributed by atoms with Crippen LogP contribution in [0.5, 0.6) is 11.5 Å². The van der Waals surface area contributed by atoms with Crippen molar-refractivity contribution in [3.8, 4) is 11.5 Å². The van der Waals surface area contributed by atoms with E-state index in [1.165, 1.54) is 26.4 Å². The zero-order valence-electron chi connectivity index (χ0n) is 13.7. The Bertz CT molecular complexity index is 804. The smallest absolute Gasteiger partial charge is 0.247 e. The molecule has 136 valence electrons. The average Bonchev–Trinajstić information content (AvgIpc) is 2.79. The number of hydrogen-bond donors (Lipinski definition) is 1. The first-order chi connectivity index (χ1) is 11.2. The molecular weight excluding hydrogens is 358 g/mol. The molecule has 8 nitrogen and oxygen atoms in total. The van der Waals surface area contributed by atoms with E-state index in [2.05, 4.69) is 0 Å². The number of likely N-dealkylation sites (N-methyl/N-ethyl adjacent to an activating group) is 1. The van der Waals surface area contributed by atoms with Gasteiger partial charge in [-0.2, -0.15) is 4.31 Å². The molecule has 1 saturated heterocycles. The highest BCUT2D eigenvalue weighted by Crippen LogP contribution is 2.33. The lowest BCUT2D eigenvalue weighted by molar-refractivity contribution is 0.130. The first-order valence-corrected chi connectivity index (χ1v) is 10.5. The van der Waals surface area contributed by atoms with Crippen LogP contribution in [-0.4, -0.2) is 70.7 Å². The summed E-state index contributed by atoms with van der Waals surface area (Å²) in [6, 6.07) is 3.30. The van der Waals surface area contributed by atoms with Crippen molar-refractivity contribution < 1.29 is 31.4 Å². The van der Waals surface area contributed by atoms with Crippen LogP contribution in [0, 0.1) is 0 Å². The van der Waals surface area contributed by atoms with Crippen molar-refractivity contribution in [1.82, 2.24) is 4.31 Å². The average molecular weight is 379 g/mol. The van der Waals surface area contributed by atoms with Crippen LogP contribution in [0.1, 0.15) is 6.92 Å². The molecule has 1 fully saturated rings. The molecule has 0 bridgehead atoms. The van der Waals surface area contributed by atoms with Gasteiger partial charge in [-0.1, -0.05) is 6.92 Å². The van der Waals surface area contributed by atoms with E-state index >= 15 is 0 Å². The van der Waals surface area contributed by atoms with Gasteiger partial charge in [0.15, 0.2) is 9.84 Å². The fraction of sp³-hybridized carbons (Fsp3) is 0.571. The molecular formula is C14H21NO7S2. The normalized spacial score (nSPS) is 23.4. The van der Waals surface area contributed by atoms with Gasteiger partial charge in [0.25, 0.3) is 0 Å². The largest absolute Gasteiger partial charge is 0.497 e. The lowest BCUT2D eigenvalue weighted by atomic mass is 10.2. The Balaban J connectivity index is 2.52. The van der Waals surface area contributed by atoms with Crippen molar-refractivity contribution in [2.24, 2.45) is 0 Å². The zero-order chi connectivity index (χ0) is 18.1. The fourth-order valence-corrected chi connectivity index (χ4v) is 6.51. The summed E-state index contributed by atoms with van der Waals surface area (Å²) >= 11 is 0. The Morgan fingerprint density at radius 2 is 1.92 bits per heavy atom. The molecule has 0 radical (unpaired) electrons. The molecule has 0 saturated carbocycles. The van der Waals surface area contributed by atoms with Crippen LogP contribution in [0.15, 0.2) is 23.1 Å². The summed E-state index contributed by atoms with van der Waals surface area (Å²) < 4.78 is 60.7. The highest BCUT2D eigenvalue weighted by atomic mass is 32.2. The number of methoxy groups -OCH3 is 2. The van der Waals surface area contributed by atoms with E-state index < -0.39 is 43.5 Å². The third-order valence-corrected chi connectivity index (χ3v) is 7.65. The molecule has 1 aromatic rings. The summed E-state index contributed by atoms with van der Waals surface area (Å²) in [4.78, 5) is -0.136. The first-order valence-electron chi connectivity index (χ1n) is 7.28. The van der Waals surface area contributed by atoms with Gasteiger partial charge in [0, 0.05) is 12.6 Å². The fourth-order valence-electron chi connectivity index (χ4n) is 2.78. The molecule has 0 unspecified atom stereocenters. The SMILES string of the molecule is CCN([C@H]1CS(=O)(=O)C[C@H]1O)S(=O)(=O)c1cc(OC)ccc1OC. The number of sulfone groups is 1. The van der Waals surface area contributed by atoms with Crippen molar-refractivity contribution in [2.75, 3.05) is 32.3 Å². The lowest BCUT2D eigenvalue weighted by Gasteiger charge is -2.28. The highest BCUT2D eigenvalue weighted by molar-refractivity contribution is 7.92. The standard InChI is InChI=1S/C14H21NO7S2/c1-4-15(11-8-23(17,18)9-12(11)16)24(19,20)14-7-10(21-2)5-6-13(14)22-3/h5-7,11-12,16H,4,8-9H2,1-3H3/t11-,12+/m0/s1. The monoisotopic (exact) mass is 379 g/mol. The molecule has 2 atom stereocenters. The molecule has 2 rings (SSSR count). The maximum Gasteiger partial charge on any atom is 0.247 e. The second kappa shape index (κ2) is 6.87. The number of aliphatic hydroxyl groups excluding tert-OH is 1. The highest BCUT2D eigenvalue weighted by Gasteiger charge is 2.44. The quantitative estimate of drug-likeness (QED) is 0.733. The summed E-state index contributed by atoms with van der Waals surface area (Å²) in [6.07, 6.45) is -1.26. The summed E-state index contributed by atoms with van der Waals surface area (Å²) in [5, 5.41) is 10.0. The van der Waals surface area contributed by atoms with Gasteiger partial charge in [-0.25, -0.2) is 16.8 Å². The van der Waals surface area contributed by atoms with E-state index in [1.807, 2.05) is 0 Å². The number of hydrogen-bond acceptors (Lipinski definition) is 7. The minimum absolute atomic E-state index is 0.0138. The molecule has 24 heavy (non-hydrogen) atoms. The third-order valence-electron chi connectivity index (χ3n) is 3.93. The Kier molecular flexibility index (Phi) is 5.43. The Morgan fingerprint density at radius 3 is 2.38 bits per heavy atom. The number of rotatable bonds is 6. The van der Waals surface area contributed by atoms with Gasteiger partial charge in [0.05, 0.1) is 37.9 Å². The van der Waals surface area contributed by atoms with Crippen molar-refractivity contribution in [3.05, 3.63) is 18.2 Å². The van der Waals surface area contributed by atoms with Gasteiger partial charge in [-0.15, -0.1) is 0 Å². The van der Waals surface area contributed by atoms with E-state index in [1.54, 1.807) is 13.0 Å². The van der Waals surface area contributed by atoms with E-state index in [9.17, 15) is 21.9 Å². The topological polar surface area (TPSA) is 110 Å². The maximum atomic E-state index is 13.0. The molecule has 1 aliphatic rings. The van der Waals surface area contributed by atoms with Crippen LogP contribution in [0.3, 0.4) is 0 Å². The number of ether oxygens (including phenoxy) is 2. The molecule has 1 aliphatic heterocycles. The molecule has 1 heterocycles. The molecule has 1 N–H and O–H groups in total. The summed E-state index contributed by atoms with van der Waals surface area (Å²) in [5.74, 6) is -0.415. The van der Waals surface area contributed by atoms with E-state index in [4.69, 9.17) is 9.47 Å². The lowest BCUT2D eigenvalue weighted by Crippen LogP contribution is -2.46. The van der Waals surface area contributed by atoms with Crippen LogP contribution in [-0.2, 0) is 19.9 Å².